The van der Waals surface area contributed by atoms with Gasteiger partial charge in [0.15, 0.2) is 0 Å². The lowest BCUT2D eigenvalue weighted by Gasteiger charge is -2.04. The van der Waals surface area contributed by atoms with Gasteiger partial charge in [-0.3, -0.25) is 0 Å². The molecule has 0 radical (unpaired) electrons. The van der Waals surface area contributed by atoms with Gasteiger partial charge in [0.1, 0.15) is 17.3 Å². The zero-order valence-electron chi connectivity index (χ0n) is 12.5. The predicted octanol–water partition coefficient (Wildman–Crippen LogP) is 5.13. The standard InChI is InChI=1S/C14H20O2.C2H6/c1-11(2)7-8-13(4)16-14(5)10-9-12(3)15-6;1-2/h7-10H,3,5H2,1-2,4,6H3;1-2H3/b10-9-,13-8+;. The highest BCUT2D eigenvalue weighted by Crippen LogP contribution is 2.07. The Bertz CT molecular complexity index is 340. The highest BCUT2D eigenvalue weighted by atomic mass is 16.5. The Kier molecular flexibility index (Phi) is 12.2. The van der Waals surface area contributed by atoms with Crippen LogP contribution in [0.25, 0.3) is 0 Å². The maximum absolute atomic E-state index is 5.43. The summed E-state index contributed by atoms with van der Waals surface area (Å²) in [6.07, 6.45) is 7.31. The van der Waals surface area contributed by atoms with E-state index >= 15 is 0 Å². The first-order chi connectivity index (χ1) is 8.45. The molecule has 0 atom stereocenters. The molecule has 0 amide bonds. The van der Waals surface area contributed by atoms with Gasteiger partial charge in [-0.15, -0.1) is 0 Å². The second-order valence-electron chi connectivity index (χ2n) is 3.59. The second-order valence-corrected chi connectivity index (χ2v) is 3.59. The summed E-state index contributed by atoms with van der Waals surface area (Å²) in [6.45, 7) is 17.4. The molecule has 0 saturated heterocycles. The first-order valence-corrected chi connectivity index (χ1v) is 6.05. The quantitative estimate of drug-likeness (QED) is 0.480. The Morgan fingerprint density at radius 1 is 0.889 bits per heavy atom. The van der Waals surface area contributed by atoms with E-state index in [-0.39, 0.29) is 0 Å². The van der Waals surface area contributed by atoms with Crippen molar-refractivity contribution in [1.29, 1.82) is 0 Å². The van der Waals surface area contributed by atoms with Crippen LogP contribution in [0, 0.1) is 0 Å². The molecule has 2 heteroatoms. The molecule has 0 unspecified atom stereocenters. The Hall–Kier alpha value is -1.70. The molecule has 0 bridgehead atoms. The van der Waals surface area contributed by atoms with Crippen LogP contribution >= 0.6 is 0 Å². The smallest absolute Gasteiger partial charge is 0.119 e. The number of rotatable bonds is 6. The van der Waals surface area contributed by atoms with Crippen molar-refractivity contribution in [2.75, 3.05) is 7.11 Å². The van der Waals surface area contributed by atoms with Crippen LogP contribution in [0.5, 0.6) is 0 Å². The molecule has 0 rings (SSSR count). The molecule has 0 fully saturated rings. The van der Waals surface area contributed by atoms with Crippen molar-refractivity contribution < 1.29 is 9.47 Å². The van der Waals surface area contributed by atoms with Crippen LogP contribution in [0.2, 0.25) is 0 Å². The summed E-state index contributed by atoms with van der Waals surface area (Å²) < 4.78 is 10.3. The van der Waals surface area contributed by atoms with Crippen LogP contribution in [0.15, 0.2) is 60.3 Å². The average Bonchev–Trinajstić information content (AvgIpc) is 2.35. The second kappa shape index (κ2) is 11.8. The van der Waals surface area contributed by atoms with E-state index in [9.17, 15) is 0 Å². The molecular weight excluding hydrogens is 224 g/mol. The first kappa shape index (κ1) is 18.7. The minimum Gasteiger partial charge on any atom is -0.497 e. The van der Waals surface area contributed by atoms with Crippen molar-refractivity contribution >= 4 is 0 Å². The van der Waals surface area contributed by atoms with Crippen molar-refractivity contribution in [3.63, 3.8) is 0 Å². The lowest BCUT2D eigenvalue weighted by molar-refractivity contribution is 0.306. The van der Waals surface area contributed by atoms with Gasteiger partial charge in [0.2, 0.25) is 0 Å². The van der Waals surface area contributed by atoms with Gasteiger partial charge < -0.3 is 9.47 Å². The fourth-order valence-electron chi connectivity index (χ4n) is 0.813. The minimum atomic E-state index is 0.550. The Morgan fingerprint density at radius 2 is 1.39 bits per heavy atom. The Morgan fingerprint density at radius 3 is 1.83 bits per heavy atom. The van der Waals surface area contributed by atoms with Crippen LogP contribution in [-0.2, 0) is 9.47 Å². The fourth-order valence-corrected chi connectivity index (χ4v) is 0.813. The largest absolute Gasteiger partial charge is 0.497 e. The van der Waals surface area contributed by atoms with Crippen molar-refractivity contribution in [3.05, 3.63) is 60.3 Å². The predicted molar refractivity (Wildman–Crippen MR) is 80.1 cm³/mol. The summed E-state index contributed by atoms with van der Waals surface area (Å²) in [5.74, 6) is 1.91. The first-order valence-electron chi connectivity index (χ1n) is 6.05. The normalized spacial score (nSPS) is 10.2. The van der Waals surface area contributed by atoms with E-state index in [4.69, 9.17) is 9.47 Å². The van der Waals surface area contributed by atoms with E-state index in [0.29, 0.717) is 11.5 Å². The fraction of sp³-hybridized carbons (Fsp3) is 0.375. The SMILES string of the molecule is C=C(/C=C\C(=C)O/C(C)=C/C=C(C)C)OC.CC. The number of hydrogen-bond acceptors (Lipinski definition) is 2. The molecule has 0 spiro atoms. The summed E-state index contributed by atoms with van der Waals surface area (Å²) in [5, 5.41) is 0. The molecule has 2 nitrogen and oxygen atoms in total. The highest BCUT2D eigenvalue weighted by molar-refractivity contribution is 5.19. The topological polar surface area (TPSA) is 18.5 Å². The number of ether oxygens (including phenoxy) is 2. The van der Waals surface area contributed by atoms with Crippen LogP contribution < -0.4 is 0 Å². The van der Waals surface area contributed by atoms with E-state index < -0.39 is 0 Å². The summed E-state index contributed by atoms with van der Waals surface area (Å²) in [4.78, 5) is 0. The maximum atomic E-state index is 5.43. The van der Waals surface area contributed by atoms with Crippen molar-refractivity contribution in [3.8, 4) is 0 Å². The van der Waals surface area contributed by atoms with E-state index in [1.54, 1.807) is 19.3 Å². The third kappa shape index (κ3) is 12.4. The summed E-state index contributed by atoms with van der Waals surface area (Å²) in [7, 11) is 1.57. The Labute approximate surface area is 112 Å². The molecule has 0 aliphatic carbocycles. The van der Waals surface area contributed by atoms with E-state index in [1.165, 1.54) is 5.57 Å². The lowest BCUT2D eigenvalue weighted by Crippen LogP contribution is -1.86. The van der Waals surface area contributed by atoms with Crippen molar-refractivity contribution in [2.45, 2.75) is 34.6 Å². The zero-order chi connectivity index (χ0) is 14.6. The van der Waals surface area contributed by atoms with E-state index in [1.807, 2.05) is 46.8 Å². The molecule has 102 valence electrons. The van der Waals surface area contributed by atoms with Gasteiger partial charge in [-0.1, -0.05) is 38.7 Å². The van der Waals surface area contributed by atoms with Gasteiger partial charge >= 0.3 is 0 Å². The highest BCUT2D eigenvalue weighted by Gasteiger charge is 1.92. The van der Waals surface area contributed by atoms with Crippen molar-refractivity contribution in [2.24, 2.45) is 0 Å². The molecule has 0 aromatic heterocycles. The van der Waals surface area contributed by atoms with Crippen molar-refractivity contribution in [1.82, 2.24) is 0 Å². The zero-order valence-corrected chi connectivity index (χ0v) is 12.5. The monoisotopic (exact) mass is 250 g/mol. The van der Waals surface area contributed by atoms with E-state index in [2.05, 4.69) is 13.2 Å². The van der Waals surface area contributed by atoms with Gasteiger partial charge in [-0.05, 0) is 39.0 Å². The van der Waals surface area contributed by atoms with Gasteiger partial charge in [0.25, 0.3) is 0 Å². The van der Waals surface area contributed by atoms with Gasteiger partial charge in [0.05, 0.1) is 7.11 Å². The third-order valence-electron chi connectivity index (χ3n) is 1.66. The van der Waals surface area contributed by atoms with Crippen LogP contribution in [0.1, 0.15) is 34.6 Å². The van der Waals surface area contributed by atoms with Gasteiger partial charge in [-0.2, -0.15) is 0 Å². The number of hydrogen-bond donors (Lipinski definition) is 0. The maximum Gasteiger partial charge on any atom is 0.119 e. The summed E-state index contributed by atoms with van der Waals surface area (Å²) in [5.41, 5.74) is 1.22. The molecule has 0 aliphatic rings. The minimum absolute atomic E-state index is 0.550. The Balaban J connectivity index is 0. The molecule has 0 aromatic carbocycles. The van der Waals surface area contributed by atoms with E-state index in [0.717, 1.165) is 5.76 Å². The number of allylic oxidation sites excluding steroid dienone is 6. The molecule has 0 aromatic rings. The number of methoxy groups -OCH3 is 1. The van der Waals surface area contributed by atoms with Crippen LogP contribution in [-0.4, -0.2) is 7.11 Å². The van der Waals surface area contributed by atoms with Gasteiger partial charge in [0, 0.05) is 0 Å². The summed E-state index contributed by atoms with van der Waals surface area (Å²) >= 11 is 0. The van der Waals surface area contributed by atoms with Gasteiger partial charge in [-0.25, -0.2) is 0 Å². The van der Waals surface area contributed by atoms with Crippen LogP contribution in [0.3, 0.4) is 0 Å². The lowest BCUT2D eigenvalue weighted by atomic mass is 10.3. The third-order valence-corrected chi connectivity index (χ3v) is 1.66. The molecule has 0 N–H and O–H groups in total. The molecule has 0 heterocycles. The molecule has 18 heavy (non-hydrogen) atoms. The molecule has 0 saturated carbocycles. The molecular formula is C16H26O2. The average molecular weight is 250 g/mol. The molecule has 0 aliphatic heterocycles. The van der Waals surface area contributed by atoms with Crippen LogP contribution in [0.4, 0.5) is 0 Å². The summed E-state index contributed by atoms with van der Waals surface area (Å²) in [6, 6.07) is 0.